The van der Waals surface area contributed by atoms with Crippen molar-refractivity contribution in [3.05, 3.63) is 90.8 Å². The van der Waals surface area contributed by atoms with Gasteiger partial charge in [0.1, 0.15) is 17.3 Å². The molecule has 9 heteroatoms. The zero-order valence-electron chi connectivity index (χ0n) is 15.9. The number of nitrogens with zero attached hydrogens (tertiary/aromatic N) is 7. The van der Waals surface area contributed by atoms with Crippen molar-refractivity contribution < 1.29 is 8.78 Å². The van der Waals surface area contributed by atoms with E-state index in [-0.39, 0.29) is 11.3 Å². The van der Waals surface area contributed by atoms with Crippen molar-refractivity contribution >= 4 is 0 Å². The van der Waals surface area contributed by atoms with Crippen molar-refractivity contribution in [2.24, 2.45) is 0 Å². The van der Waals surface area contributed by atoms with E-state index in [4.69, 9.17) is 0 Å². The van der Waals surface area contributed by atoms with E-state index in [1.807, 2.05) is 30.3 Å². The number of para-hydroxylation sites is 1. The Bertz CT molecular complexity index is 1330. The van der Waals surface area contributed by atoms with Crippen LogP contribution in [0.2, 0.25) is 0 Å². The van der Waals surface area contributed by atoms with Crippen LogP contribution in [0.25, 0.3) is 39.9 Å². The highest BCUT2D eigenvalue weighted by Crippen LogP contribution is 2.32. The lowest BCUT2D eigenvalue weighted by molar-refractivity contribution is 0.584. The smallest absolute Gasteiger partial charge is 0.190 e. The van der Waals surface area contributed by atoms with Gasteiger partial charge >= 0.3 is 0 Å². The van der Waals surface area contributed by atoms with Crippen LogP contribution < -0.4 is 0 Å². The van der Waals surface area contributed by atoms with Gasteiger partial charge in [-0.15, -0.1) is 5.10 Å². The van der Waals surface area contributed by atoms with Crippen LogP contribution >= 0.6 is 0 Å². The highest BCUT2D eigenvalue weighted by molar-refractivity contribution is 5.78. The first kappa shape index (κ1) is 18.6. The fraction of sp³-hybridized carbons (Fsp3) is 0. The van der Waals surface area contributed by atoms with Crippen molar-refractivity contribution in [2.75, 3.05) is 0 Å². The Morgan fingerprint density at radius 2 is 1.58 bits per heavy atom. The number of pyridine rings is 1. The summed E-state index contributed by atoms with van der Waals surface area (Å²) in [5, 5.41) is 11.9. The molecular formula is C22H13F2N7. The zero-order chi connectivity index (χ0) is 21.2. The maximum Gasteiger partial charge on any atom is 0.190 e. The molecule has 7 nitrogen and oxygen atoms in total. The third-order valence-corrected chi connectivity index (χ3v) is 4.53. The maximum atomic E-state index is 14.0. The Kier molecular flexibility index (Phi) is 4.68. The van der Waals surface area contributed by atoms with E-state index in [0.29, 0.717) is 28.6 Å². The minimum atomic E-state index is -0.721. The Labute approximate surface area is 175 Å². The number of hydrogen-bond acceptors (Lipinski definition) is 6. The summed E-state index contributed by atoms with van der Waals surface area (Å²) in [6, 6.07) is 17.8. The summed E-state index contributed by atoms with van der Waals surface area (Å²) in [5.41, 5.74) is 2.16. The van der Waals surface area contributed by atoms with Gasteiger partial charge in [0.05, 0.1) is 16.9 Å². The molecular weight excluding hydrogens is 400 g/mol. The molecule has 3 aromatic heterocycles. The van der Waals surface area contributed by atoms with Crippen LogP contribution in [0.1, 0.15) is 0 Å². The molecule has 0 unspecified atom stereocenters. The Morgan fingerprint density at radius 3 is 2.32 bits per heavy atom. The van der Waals surface area contributed by atoms with Gasteiger partial charge in [-0.25, -0.2) is 18.7 Å². The number of rotatable bonds is 4. The Hall–Kier alpha value is -4.40. The van der Waals surface area contributed by atoms with Crippen LogP contribution in [-0.2, 0) is 0 Å². The average Bonchev–Trinajstić information content (AvgIpc) is 3.29. The fourth-order valence-electron chi connectivity index (χ4n) is 3.17. The number of aromatic nitrogens is 7. The molecule has 0 aliphatic heterocycles. The van der Waals surface area contributed by atoms with Gasteiger partial charge in [-0.1, -0.05) is 24.3 Å². The minimum Gasteiger partial charge on any atom is -0.253 e. The fourth-order valence-corrected chi connectivity index (χ4v) is 3.17. The Morgan fingerprint density at radius 1 is 0.806 bits per heavy atom. The molecule has 31 heavy (non-hydrogen) atoms. The Balaban J connectivity index is 1.74. The molecule has 3 heterocycles. The van der Waals surface area contributed by atoms with E-state index < -0.39 is 11.6 Å². The van der Waals surface area contributed by atoms with Crippen molar-refractivity contribution in [1.29, 1.82) is 0 Å². The predicted molar refractivity (Wildman–Crippen MR) is 109 cm³/mol. The summed E-state index contributed by atoms with van der Waals surface area (Å²) < 4.78 is 29.5. The summed E-state index contributed by atoms with van der Waals surface area (Å²) in [6.45, 7) is 0. The normalized spacial score (nSPS) is 10.9. The molecule has 0 radical (unpaired) electrons. The number of tetrazole rings is 1. The van der Waals surface area contributed by atoms with Gasteiger partial charge in [-0.3, -0.25) is 4.98 Å². The van der Waals surface area contributed by atoms with Gasteiger partial charge in [-0.2, -0.15) is 4.68 Å². The molecule has 0 fully saturated rings. The monoisotopic (exact) mass is 413 g/mol. The molecule has 0 atom stereocenters. The molecule has 2 aromatic carbocycles. The molecule has 0 saturated carbocycles. The van der Waals surface area contributed by atoms with Gasteiger partial charge in [0, 0.05) is 24.0 Å². The van der Waals surface area contributed by atoms with E-state index in [9.17, 15) is 8.78 Å². The van der Waals surface area contributed by atoms with Crippen LogP contribution in [0.15, 0.2) is 79.1 Å². The van der Waals surface area contributed by atoms with Crippen LogP contribution in [-0.4, -0.2) is 35.2 Å². The van der Waals surface area contributed by atoms with Gasteiger partial charge in [-0.05, 0) is 46.8 Å². The highest BCUT2D eigenvalue weighted by Gasteiger charge is 2.20. The van der Waals surface area contributed by atoms with E-state index in [1.54, 1.807) is 24.4 Å². The zero-order valence-corrected chi connectivity index (χ0v) is 15.9. The summed E-state index contributed by atoms with van der Waals surface area (Å²) >= 11 is 0. The molecule has 0 aliphatic rings. The molecule has 5 aromatic rings. The quantitative estimate of drug-likeness (QED) is 0.441. The van der Waals surface area contributed by atoms with Gasteiger partial charge in [0.25, 0.3) is 0 Å². The third kappa shape index (κ3) is 3.64. The molecule has 0 amide bonds. The van der Waals surface area contributed by atoms with E-state index >= 15 is 0 Å². The summed E-state index contributed by atoms with van der Waals surface area (Å²) in [4.78, 5) is 13.2. The van der Waals surface area contributed by atoms with Crippen LogP contribution in [0.4, 0.5) is 8.78 Å². The summed E-state index contributed by atoms with van der Waals surface area (Å²) in [7, 11) is 0. The standard InChI is InChI=1S/C22H13F2N7/c23-15-10-14(11-16(24)12-15)20-18(13-26-21(27-20)19-8-4-5-9-25-19)22-28-29-30-31(22)17-6-2-1-3-7-17/h1-13H. The van der Waals surface area contributed by atoms with Crippen LogP contribution in [0.5, 0.6) is 0 Å². The molecule has 0 spiro atoms. The van der Waals surface area contributed by atoms with Crippen molar-refractivity contribution in [2.45, 2.75) is 0 Å². The van der Waals surface area contributed by atoms with Crippen molar-refractivity contribution in [1.82, 2.24) is 35.2 Å². The average molecular weight is 413 g/mol. The molecule has 5 rings (SSSR count). The first-order valence-electron chi connectivity index (χ1n) is 9.28. The topological polar surface area (TPSA) is 82.3 Å². The number of hydrogen-bond donors (Lipinski definition) is 0. The van der Waals surface area contributed by atoms with Gasteiger partial charge in [0.2, 0.25) is 0 Å². The van der Waals surface area contributed by atoms with E-state index in [2.05, 4.69) is 30.5 Å². The lowest BCUT2D eigenvalue weighted by Gasteiger charge is -2.11. The summed E-state index contributed by atoms with van der Waals surface area (Å²) in [6.07, 6.45) is 3.14. The first-order valence-corrected chi connectivity index (χ1v) is 9.28. The molecule has 0 saturated heterocycles. The second-order valence-electron chi connectivity index (χ2n) is 6.58. The van der Waals surface area contributed by atoms with Gasteiger partial charge in [0.15, 0.2) is 11.6 Å². The SMILES string of the molecule is Fc1cc(F)cc(-c2nc(-c3ccccn3)ncc2-c2nnnn2-c2ccccc2)c1. The number of benzene rings is 2. The molecule has 0 aliphatic carbocycles. The molecule has 150 valence electrons. The largest absolute Gasteiger partial charge is 0.253 e. The molecule has 0 bridgehead atoms. The van der Waals surface area contributed by atoms with Crippen LogP contribution in [0, 0.1) is 11.6 Å². The van der Waals surface area contributed by atoms with E-state index in [1.165, 1.54) is 23.0 Å². The second kappa shape index (κ2) is 7.79. The lowest BCUT2D eigenvalue weighted by atomic mass is 10.1. The van der Waals surface area contributed by atoms with Gasteiger partial charge < -0.3 is 0 Å². The predicted octanol–water partition coefficient (Wildman–Crippen LogP) is 4.13. The highest BCUT2D eigenvalue weighted by atomic mass is 19.1. The van der Waals surface area contributed by atoms with Crippen molar-refractivity contribution in [3.8, 4) is 39.9 Å². The number of halogens is 2. The summed E-state index contributed by atoms with van der Waals surface area (Å²) in [5.74, 6) is -0.801. The third-order valence-electron chi connectivity index (χ3n) is 4.53. The lowest BCUT2D eigenvalue weighted by Crippen LogP contribution is -2.03. The van der Waals surface area contributed by atoms with Crippen molar-refractivity contribution in [3.63, 3.8) is 0 Å². The second-order valence-corrected chi connectivity index (χ2v) is 6.58. The van der Waals surface area contributed by atoms with E-state index in [0.717, 1.165) is 6.07 Å². The van der Waals surface area contributed by atoms with Crippen LogP contribution in [0.3, 0.4) is 0 Å². The maximum absolute atomic E-state index is 14.0. The first-order chi connectivity index (χ1) is 15.2. The molecule has 0 N–H and O–H groups in total. The minimum absolute atomic E-state index is 0.231.